The third-order valence-electron chi connectivity index (χ3n) is 2.56. The fourth-order valence-corrected chi connectivity index (χ4v) is 1.56. The molecule has 0 atom stereocenters. The van der Waals surface area contributed by atoms with Crippen LogP contribution < -0.4 is 10.6 Å². The maximum atomic E-state index is 11.5. The van der Waals surface area contributed by atoms with Crippen LogP contribution in [0.25, 0.3) is 0 Å². The van der Waals surface area contributed by atoms with Gasteiger partial charge in [-0.1, -0.05) is 0 Å². The zero-order valence-electron chi connectivity index (χ0n) is 12.5. The number of carbonyl (C=O) groups is 1. The molecule has 6 nitrogen and oxygen atoms in total. The van der Waals surface area contributed by atoms with Crippen LogP contribution in [0.4, 0.5) is 5.82 Å². The Bertz CT molecular complexity index is 393. The largest absolute Gasteiger partial charge is 0.379 e. The van der Waals surface area contributed by atoms with Crippen LogP contribution >= 0.6 is 0 Å². The average Bonchev–Trinajstić information content (AvgIpc) is 2.43. The minimum atomic E-state index is -0.197. The van der Waals surface area contributed by atoms with Crippen LogP contribution in [-0.2, 0) is 4.74 Å². The quantitative estimate of drug-likeness (QED) is 0.675. The first-order valence-electron chi connectivity index (χ1n) is 7.11. The van der Waals surface area contributed by atoms with E-state index >= 15 is 0 Å². The van der Waals surface area contributed by atoms with Crippen LogP contribution in [-0.4, -0.2) is 41.9 Å². The Hall–Kier alpha value is -1.69. The number of unbranched alkanes of at least 4 members (excludes halogenated alkanes) is 1. The number of amides is 1. The second-order valence-corrected chi connectivity index (χ2v) is 4.72. The van der Waals surface area contributed by atoms with Gasteiger partial charge in [0.15, 0.2) is 5.69 Å². The summed E-state index contributed by atoms with van der Waals surface area (Å²) in [6.45, 7) is 8.11. The van der Waals surface area contributed by atoms with Crippen molar-refractivity contribution < 1.29 is 9.53 Å². The van der Waals surface area contributed by atoms with Crippen LogP contribution in [0.3, 0.4) is 0 Å². The van der Waals surface area contributed by atoms with Crippen molar-refractivity contribution in [1.82, 2.24) is 15.5 Å². The molecule has 0 unspecified atom stereocenters. The molecule has 0 fully saturated rings. The Morgan fingerprint density at radius 2 is 2.10 bits per heavy atom. The molecule has 1 aromatic rings. The predicted octanol–water partition coefficient (Wildman–Crippen LogP) is 1.84. The number of rotatable bonds is 9. The highest BCUT2D eigenvalue weighted by Crippen LogP contribution is 2.03. The van der Waals surface area contributed by atoms with Crippen LogP contribution in [0.1, 0.15) is 44.1 Å². The number of nitrogens with one attached hydrogen (secondary N) is 2. The number of nitrogens with zero attached hydrogens (tertiary/aromatic N) is 2. The molecule has 0 saturated heterocycles. The van der Waals surface area contributed by atoms with Gasteiger partial charge in [-0.2, -0.15) is 0 Å². The van der Waals surface area contributed by atoms with Gasteiger partial charge in [-0.15, -0.1) is 10.2 Å². The summed E-state index contributed by atoms with van der Waals surface area (Å²) in [5.74, 6) is 0.486. The summed E-state index contributed by atoms with van der Waals surface area (Å²) in [6, 6.07) is 3.43. The molecule has 1 amide bonds. The molecule has 1 heterocycles. The van der Waals surface area contributed by atoms with Gasteiger partial charge in [0.1, 0.15) is 5.82 Å². The topological polar surface area (TPSA) is 76.1 Å². The van der Waals surface area contributed by atoms with Crippen molar-refractivity contribution in [3.05, 3.63) is 17.8 Å². The number of aromatic nitrogens is 2. The fourth-order valence-electron chi connectivity index (χ4n) is 1.56. The van der Waals surface area contributed by atoms with Crippen molar-refractivity contribution >= 4 is 11.7 Å². The molecule has 0 saturated carbocycles. The molecule has 0 radical (unpaired) electrons. The summed E-state index contributed by atoms with van der Waals surface area (Å²) >= 11 is 0. The molecule has 0 aromatic carbocycles. The Morgan fingerprint density at radius 1 is 1.30 bits per heavy atom. The smallest absolute Gasteiger partial charge is 0.271 e. The minimum Gasteiger partial charge on any atom is -0.379 e. The third kappa shape index (κ3) is 6.47. The highest BCUT2D eigenvalue weighted by molar-refractivity contribution is 5.92. The van der Waals surface area contributed by atoms with Gasteiger partial charge in [-0.25, -0.2) is 0 Å². The van der Waals surface area contributed by atoms with Gasteiger partial charge < -0.3 is 15.4 Å². The summed E-state index contributed by atoms with van der Waals surface area (Å²) in [5.41, 5.74) is 0.336. The molecular weight excluding hydrogens is 256 g/mol. The van der Waals surface area contributed by atoms with Crippen molar-refractivity contribution in [3.8, 4) is 0 Å². The van der Waals surface area contributed by atoms with E-state index in [0.717, 1.165) is 26.0 Å². The number of carbonyl (C=O) groups excluding carboxylic acids is 1. The van der Waals surface area contributed by atoms with E-state index in [1.54, 1.807) is 12.1 Å². The van der Waals surface area contributed by atoms with Crippen LogP contribution in [0.15, 0.2) is 12.1 Å². The van der Waals surface area contributed by atoms with Gasteiger partial charge in [0.2, 0.25) is 0 Å². The molecular formula is C14H24N4O2. The zero-order chi connectivity index (χ0) is 14.8. The average molecular weight is 280 g/mol. The molecule has 0 aliphatic heterocycles. The fraction of sp³-hybridized carbons (Fsp3) is 0.643. The van der Waals surface area contributed by atoms with E-state index in [2.05, 4.69) is 20.8 Å². The summed E-state index contributed by atoms with van der Waals surface area (Å²) < 4.78 is 5.46. The van der Waals surface area contributed by atoms with Gasteiger partial charge in [0.05, 0.1) is 6.10 Å². The van der Waals surface area contributed by atoms with Crippen LogP contribution in [0, 0.1) is 0 Å². The first kappa shape index (κ1) is 16.4. The maximum Gasteiger partial charge on any atom is 0.271 e. The summed E-state index contributed by atoms with van der Waals surface area (Å²) in [4.78, 5) is 11.5. The Balaban J connectivity index is 2.23. The van der Waals surface area contributed by atoms with Gasteiger partial charge in [0.25, 0.3) is 5.91 Å². The number of ether oxygens (including phenoxy) is 1. The van der Waals surface area contributed by atoms with E-state index < -0.39 is 0 Å². The normalized spacial score (nSPS) is 10.6. The molecule has 0 bridgehead atoms. The van der Waals surface area contributed by atoms with E-state index in [1.807, 2.05) is 20.8 Å². The third-order valence-corrected chi connectivity index (χ3v) is 2.56. The van der Waals surface area contributed by atoms with E-state index in [9.17, 15) is 4.79 Å². The Morgan fingerprint density at radius 3 is 2.70 bits per heavy atom. The standard InChI is InChI=1S/C14H24N4O2/c1-4-15-14(19)12-7-8-13(18-17-12)16-9-5-6-10-20-11(2)3/h7-8,11H,4-6,9-10H2,1-3H3,(H,15,19)(H,16,18). The number of hydrogen-bond acceptors (Lipinski definition) is 5. The predicted molar refractivity (Wildman–Crippen MR) is 78.9 cm³/mol. The minimum absolute atomic E-state index is 0.197. The van der Waals surface area contributed by atoms with Crippen molar-refractivity contribution in [3.63, 3.8) is 0 Å². The molecule has 20 heavy (non-hydrogen) atoms. The maximum absolute atomic E-state index is 11.5. The highest BCUT2D eigenvalue weighted by Gasteiger charge is 2.06. The van der Waals surface area contributed by atoms with Gasteiger partial charge in [0, 0.05) is 19.7 Å². The zero-order valence-corrected chi connectivity index (χ0v) is 12.5. The molecule has 6 heteroatoms. The molecule has 2 N–H and O–H groups in total. The van der Waals surface area contributed by atoms with Gasteiger partial charge >= 0.3 is 0 Å². The van der Waals surface area contributed by atoms with E-state index in [-0.39, 0.29) is 12.0 Å². The van der Waals surface area contributed by atoms with E-state index in [0.29, 0.717) is 18.1 Å². The summed E-state index contributed by atoms with van der Waals surface area (Å²) in [7, 11) is 0. The van der Waals surface area contributed by atoms with Gasteiger partial charge in [-0.3, -0.25) is 4.79 Å². The van der Waals surface area contributed by atoms with Crippen LogP contribution in [0.5, 0.6) is 0 Å². The number of hydrogen-bond donors (Lipinski definition) is 2. The summed E-state index contributed by atoms with van der Waals surface area (Å²) in [5, 5.41) is 13.7. The Kier molecular flexibility index (Phi) is 7.57. The molecule has 112 valence electrons. The lowest BCUT2D eigenvalue weighted by molar-refractivity contribution is 0.0765. The lowest BCUT2D eigenvalue weighted by Crippen LogP contribution is -2.24. The SMILES string of the molecule is CCNC(=O)c1ccc(NCCCCOC(C)C)nn1. The molecule has 1 aromatic heterocycles. The highest BCUT2D eigenvalue weighted by atomic mass is 16.5. The lowest BCUT2D eigenvalue weighted by atomic mass is 10.3. The molecule has 0 aliphatic carbocycles. The van der Waals surface area contributed by atoms with E-state index in [1.165, 1.54) is 0 Å². The molecule has 1 rings (SSSR count). The second kappa shape index (κ2) is 9.25. The lowest BCUT2D eigenvalue weighted by Gasteiger charge is -2.08. The molecule has 0 aliphatic rings. The summed E-state index contributed by atoms with van der Waals surface area (Å²) in [6.07, 6.45) is 2.30. The van der Waals surface area contributed by atoms with Crippen LogP contribution in [0.2, 0.25) is 0 Å². The van der Waals surface area contributed by atoms with Crippen molar-refractivity contribution in [1.29, 1.82) is 0 Å². The second-order valence-electron chi connectivity index (χ2n) is 4.72. The van der Waals surface area contributed by atoms with Crippen molar-refractivity contribution in [2.24, 2.45) is 0 Å². The van der Waals surface area contributed by atoms with Crippen molar-refractivity contribution in [2.75, 3.05) is 25.0 Å². The first-order chi connectivity index (χ1) is 9.63. The Labute approximate surface area is 120 Å². The van der Waals surface area contributed by atoms with Gasteiger partial charge in [-0.05, 0) is 45.7 Å². The molecule has 0 spiro atoms. The monoisotopic (exact) mass is 280 g/mol. The van der Waals surface area contributed by atoms with Crippen molar-refractivity contribution in [2.45, 2.75) is 39.7 Å². The number of anilines is 1. The van der Waals surface area contributed by atoms with E-state index in [4.69, 9.17) is 4.74 Å². The first-order valence-corrected chi connectivity index (χ1v) is 7.11.